The molecule has 0 amide bonds. The first-order valence-corrected chi connectivity index (χ1v) is 11.7. The van der Waals surface area contributed by atoms with Crippen LogP contribution in [0.15, 0.2) is 59.5 Å². The second-order valence-electron chi connectivity index (χ2n) is 6.98. The van der Waals surface area contributed by atoms with E-state index >= 15 is 0 Å². The van der Waals surface area contributed by atoms with Gasteiger partial charge < -0.3 is 0 Å². The minimum absolute atomic E-state index is 0.0416. The number of sulfonamides is 1. The van der Waals surface area contributed by atoms with E-state index in [-0.39, 0.29) is 15.4 Å². The third-order valence-corrected chi connectivity index (χ3v) is 8.47. The maximum absolute atomic E-state index is 13.6. The number of non-ortho nitro benzene ring substituents is 1. The van der Waals surface area contributed by atoms with E-state index in [1.807, 2.05) is 30.3 Å². The summed E-state index contributed by atoms with van der Waals surface area (Å²) in [4.78, 5) is 10.5. The number of nitro groups is 1. The molecule has 2 atom stereocenters. The van der Waals surface area contributed by atoms with Gasteiger partial charge in [0.25, 0.3) is 5.69 Å². The van der Waals surface area contributed by atoms with Crippen molar-refractivity contribution < 1.29 is 13.3 Å². The van der Waals surface area contributed by atoms with Crippen molar-refractivity contribution in [1.29, 1.82) is 0 Å². The summed E-state index contributed by atoms with van der Waals surface area (Å²) in [5, 5.41) is 11.1. The number of halogens is 1. The number of nitro benzene ring substituents is 1. The summed E-state index contributed by atoms with van der Waals surface area (Å²) in [5.74, 6) is 0. The van der Waals surface area contributed by atoms with E-state index < -0.39 is 20.5 Å². The molecule has 1 saturated heterocycles. The lowest BCUT2D eigenvalue weighted by Crippen LogP contribution is -2.50. The first kappa shape index (κ1) is 21.0. The molecule has 0 bridgehead atoms. The molecule has 2 aromatic rings. The van der Waals surface area contributed by atoms with Crippen LogP contribution in [0.4, 0.5) is 5.69 Å². The molecule has 0 aliphatic carbocycles. The maximum atomic E-state index is 13.6. The third kappa shape index (κ3) is 3.60. The monoisotopic (exact) mass is 466 g/mol. The summed E-state index contributed by atoms with van der Waals surface area (Å²) in [7, 11) is -3.91. The molecule has 0 saturated carbocycles. The Hall–Kier alpha value is -1.77. The topological polar surface area (TPSA) is 80.5 Å². The van der Waals surface area contributed by atoms with Crippen LogP contribution in [0.25, 0.3) is 0 Å². The van der Waals surface area contributed by atoms with E-state index in [0.29, 0.717) is 13.0 Å². The number of nitrogens with zero attached hydrogens (tertiary/aromatic N) is 2. The molecule has 1 fully saturated rings. The Morgan fingerprint density at radius 3 is 2.57 bits per heavy atom. The summed E-state index contributed by atoms with van der Waals surface area (Å²) < 4.78 is 28.7. The van der Waals surface area contributed by atoms with Crippen LogP contribution in [0.5, 0.6) is 0 Å². The first-order chi connectivity index (χ1) is 13.3. The minimum atomic E-state index is -3.91. The Labute approximate surface area is 173 Å². The van der Waals surface area contributed by atoms with Gasteiger partial charge in [0.15, 0.2) is 0 Å². The molecule has 1 aliphatic heterocycles. The van der Waals surface area contributed by atoms with Crippen molar-refractivity contribution in [2.24, 2.45) is 0 Å². The van der Waals surface area contributed by atoms with Gasteiger partial charge in [-0.3, -0.25) is 10.1 Å². The first-order valence-electron chi connectivity index (χ1n) is 9.31. The van der Waals surface area contributed by atoms with Crippen LogP contribution in [0.1, 0.15) is 38.2 Å². The van der Waals surface area contributed by atoms with Crippen LogP contribution in [-0.4, -0.2) is 29.0 Å². The van der Waals surface area contributed by atoms with E-state index in [1.165, 1.54) is 18.2 Å². The molecule has 150 valence electrons. The number of alkyl halides is 1. The molecule has 0 unspecified atom stereocenters. The fourth-order valence-corrected chi connectivity index (χ4v) is 7.27. The number of benzene rings is 2. The minimum Gasteiger partial charge on any atom is -0.258 e. The van der Waals surface area contributed by atoms with Gasteiger partial charge in [-0.1, -0.05) is 65.7 Å². The smallest absolute Gasteiger partial charge is 0.258 e. The van der Waals surface area contributed by atoms with Gasteiger partial charge >= 0.3 is 0 Å². The zero-order valence-corrected chi connectivity index (χ0v) is 18.0. The van der Waals surface area contributed by atoms with Gasteiger partial charge in [0.2, 0.25) is 10.0 Å². The normalized spacial score (nSPS) is 21.5. The molecule has 6 nitrogen and oxygen atoms in total. The molecule has 3 rings (SSSR count). The van der Waals surface area contributed by atoms with Crippen molar-refractivity contribution in [3.63, 3.8) is 0 Å². The highest BCUT2D eigenvalue weighted by Gasteiger charge is 2.52. The molecule has 0 N–H and O–H groups in total. The van der Waals surface area contributed by atoms with Gasteiger partial charge in [-0.2, -0.15) is 4.31 Å². The fraction of sp³-hybridized carbons (Fsp3) is 0.400. The highest BCUT2D eigenvalue weighted by Crippen LogP contribution is 2.48. The maximum Gasteiger partial charge on any atom is 0.270 e. The van der Waals surface area contributed by atoms with Gasteiger partial charge in [0, 0.05) is 23.5 Å². The fourth-order valence-electron chi connectivity index (χ4n) is 4.04. The molecular formula is C20H23BrN2O4S. The van der Waals surface area contributed by atoms with Crippen LogP contribution < -0.4 is 0 Å². The van der Waals surface area contributed by atoms with Crippen LogP contribution in [0.3, 0.4) is 0 Å². The average molecular weight is 467 g/mol. The van der Waals surface area contributed by atoms with E-state index in [2.05, 4.69) is 22.9 Å². The summed E-state index contributed by atoms with van der Waals surface area (Å²) in [6, 6.07) is 15.0. The molecule has 8 heteroatoms. The second-order valence-corrected chi connectivity index (χ2v) is 9.95. The number of rotatable bonds is 7. The molecule has 0 aromatic heterocycles. The van der Waals surface area contributed by atoms with Gasteiger partial charge in [-0.15, -0.1) is 0 Å². The predicted molar refractivity (Wildman–Crippen MR) is 112 cm³/mol. The van der Waals surface area contributed by atoms with E-state index in [0.717, 1.165) is 30.9 Å². The van der Waals surface area contributed by atoms with Crippen molar-refractivity contribution in [3.8, 4) is 0 Å². The van der Waals surface area contributed by atoms with Crippen molar-refractivity contribution in [2.45, 2.75) is 47.9 Å². The lowest BCUT2D eigenvalue weighted by atomic mass is 9.83. The second kappa shape index (κ2) is 8.31. The summed E-state index contributed by atoms with van der Waals surface area (Å²) in [5.41, 5.74) is -0.00728. The van der Waals surface area contributed by atoms with Crippen molar-refractivity contribution in [2.75, 3.05) is 6.54 Å². The molecule has 1 aliphatic rings. The number of hydrogen-bond donors (Lipinski definition) is 0. The highest BCUT2D eigenvalue weighted by molar-refractivity contribution is 9.09. The molecular weight excluding hydrogens is 444 g/mol. The summed E-state index contributed by atoms with van der Waals surface area (Å²) in [6.45, 7) is 2.45. The predicted octanol–water partition coefficient (Wildman–Crippen LogP) is 4.84. The summed E-state index contributed by atoms with van der Waals surface area (Å²) >= 11 is 3.79. The van der Waals surface area contributed by atoms with Crippen molar-refractivity contribution in [3.05, 3.63) is 70.3 Å². The van der Waals surface area contributed by atoms with Gasteiger partial charge in [-0.25, -0.2) is 8.42 Å². The van der Waals surface area contributed by atoms with E-state index in [1.54, 1.807) is 4.31 Å². The quantitative estimate of drug-likeness (QED) is 0.332. The molecule has 2 aromatic carbocycles. The Morgan fingerprint density at radius 1 is 1.21 bits per heavy atom. The SMILES string of the molecule is CCC[C@H](Br)[C@@]1(c2ccccc2)CCCN1S(=O)(=O)c1cccc([N+](=O)[O-])c1. The average Bonchev–Trinajstić information content (AvgIpc) is 3.16. The Kier molecular flexibility index (Phi) is 6.21. The number of hydrogen-bond acceptors (Lipinski definition) is 4. The molecule has 28 heavy (non-hydrogen) atoms. The van der Waals surface area contributed by atoms with Gasteiger partial charge in [0.05, 0.1) is 15.4 Å². The zero-order chi connectivity index (χ0) is 20.4. The summed E-state index contributed by atoms with van der Waals surface area (Å²) in [6.07, 6.45) is 3.15. The Bertz CT molecular complexity index is 952. The van der Waals surface area contributed by atoms with Crippen LogP contribution >= 0.6 is 15.9 Å². The highest BCUT2D eigenvalue weighted by atomic mass is 79.9. The molecule has 0 radical (unpaired) electrons. The standard InChI is InChI=1S/C20H23BrN2O4S/c1-2-8-19(21)20(16-9-4-3-5-10-16)13-7-14-22(20)28(26,27)18-12-6-11-17(15-18)23(24)25/h3-6,9-12,15,19H,2,7-8,13-14H2,1H3/t19-,20-/m0/s1. The van der Waals surface area contributed by atoms with Crippen molar-refractivity contribution in [1.82, 2.24) is 4.31 Å². The van der Waals surface area contributed by atoms with Crippen LogP contribution in [0, 0.1) is 10.1 Å². The largest absolute Gasteiger partial charge is 0.270 e. The third-order valence-electron chi connectivity index (χ3n) is 5.31. The van der Waals surface area contributed by atoms with E-state index in [4.69, 9.17) is 0 Å². The van der Waals surface area contributed by atoms with E-state index in [9.17, 15) is 18.5 Å². The zero-order valence-electron chi connectivity index (χ0n) is 15.6. The Balaban J connectivity index is 2.15. The van der Waals surface area contributed by atoms with Crippen LogP contribution in [-0.2, 0) is 15.6 Å². The Morgan fingerprint density at radius 2 is 1.93 bits per heavy atom. The lowest BCUT2D eigenvalue weighted by Gasteiger charge is -2.42. The molecule has 0 spiro atoms. The van der Waals surface area contributed by atoms with Crippen LogP contribution in [0.2, 0.25) is 0 Å². The van der Waals surface area contributed by atoms with Gasteiger partial charge in [0.1, 0.15) is 0 Å². The molecule has 1 heterocycles. The van der Waals surface area contributed by atoms with Gasteiger partial charge in [-0.05, 0) is 30.9 Å². The lowest BCUT2D eigenvalue weighted by molar-refractivity contribution is -0.385. The van der Waals surface area contributed by atoms with Crippen molar-refractivity contribution >= 4 is 31.6 Å².